The average molecular weight is 245 g/mol. The Morgan fingerprint density at radius 1 is 1.24 bits per heavy atom. The van der Waals surface area contributed by atoms with Crippen LogP contribution in [-0.4, -0.2) is 19.3 Å². The highest BCUT2D eigenvalue weighted by atomic mass is 19.3. The lowest BCUT2D eigenvalue weighted by molar-refractivity contribution is -0.0499. The van der Waals surface area contributed by atoms with Crippen molar-refractivity contribution >= 4 is 0 Å². The van der Waals surface area contributed by atoms with Crippen LogP contribution >= 0.6 is 0 Å². The minimum absolute atomic E-state index is 0.0780. The van der Waals surface area contributed by atoms with Crippen molar-refractivity contribution in [2.24, 2.45) is 5.73 Å². The quantitative estimate of drug-likeness (QED) is 0.867. The molecule has 0 aliphatic rings. The normalized spacial score (nSPS) is 12.6. The Hall–Kier alpha value is -1.36. The van der Waals surface area contributed by atoms with Gasteiger partial charge < -0.3 is 15.2 Å². The molecular weight excluding hydrogens is 228 g/mol. The monoisotopic (exact) mass is 245 g/mol. The molecule has 0 aliphatic carbocycles. The van der Waals surface area contributed by atoms with Crippen LogP contribution in [-0.2, 0) is 0 Å². The van der Waals surface area contributed by atoms with Crippen LogP contribution in [0.4, 0.5) is 8.78 Å². The summed E-state index contributed by atoms with van der Waals surface area (Å²) in [7, 11) is 0. The summed E-state index contributed by atoms with van der Waals surface area (Å²) < 4.78 is 34.0. The molecule has 2 N–H and O–H groups in total. The Morgan fingerprint density at radius 3 is 2.18 bits per heavy atom. The van der Waals surface area contributed by atoms with Gasteiger partial charge in [-0.15, -0.1) is 0 Å². The van der Waals surface area contributed by atoms with Gasteiger partial charge in [-0.1, -0.05) is 0 Å². The van der Waals surface area contributed by atoms with Gasteiger partial charge in [0.05, 0.1) is 0 Å². The van der Waals surface area contributed by atoms with E-state index in [4.69, 9.17) is 10.5 Å². The molecule has 0 saturated carbocycles. The van der Waals surface area contributed by atoms with Crippen molar-refractivity contribution in [1.82, 2.24) is 0 Å². The topological polar surface area (TPSA) is 44.5 Å². The molecule has 1 rings (SSSR count). The molecule has 0 heterocycles. The molecule has 1 atom stereocenters. The highest BCUT2D eigenvalue weighted by molar-refractivity contribution is 5.46. The molecular formula is C12H17F2NO2. The summed E-state index contributed by atoms with van der Waals surface area (Å²) in [6.07, 6.45) is 0. The molecule has 0 amide bonds. The standard InChI is InChI=1S/C12H17F2NO2/c1-7-4-10(17-12(13)14)5-8(2)11(7)16-6-9(3)15/h4-5,9,12H,6,15H2,1-3H3. The van der Waals surface area contributed by atoms with E-state index in [-0.39, 0.29) is 11.8 Å². The molecule has 0 aliphatic heterocycles. The SMILES string of the molecule is Cc1cc(OC(F)F)cc(C)c1OCC(C)N. The Morgan fingerprint density at radius 2 is 1.76 bits per heavy atom. The minimum atomic E-state index is -2.82. The van der Waals surface area contributed by atoms with Crippen molar-refractivity contribution in [3.63, 3.8) is 0 Å². The maximum Gasteiger partial charge on any atom is 0.387 e. The second-order valence-electron chi connectivity index (χ2n) is 4.05. The Bertz CT molecular complexity index is 358. The van der Waals surface area contributed by atoms with Gasteiger partial charge in [0.1, 0.15) is 18.1 Å². The zero-order valence-corrected chi connectivity index (χ0v) is 10.2. The van der Waals surface area contributed by atoms with Gasteiger partial charge in [-0.3, -0.25) is 0 Å². The van der Waals surface area contributed by atoms with E-state index >= 15 is 0 Å². The van der Waals surface area contributed by atoms with Crippen molar-refractivity contribution < 1.29 is 18.3 Å². The summed E-state index contributed by atoms with van der Waals surface area (Å²) in [4.78, 5) is 0. The molecule has 5 heteroatoms. The van der Waals surface area contributed by atoms with Crippen molar-refractivity contribution in [1.29, 1.82) is 0 Å². The lowest BCUT2D eigenvalue weighted by Crippen LogP contribution is -2.24. The van der Waals surface area contributed by atoms with Crippen molar-refractivity contribution in [2.75, 3.05) is 6.61 Å². The zero-order valence-electron chi connectivity index (χ0n) is 10.2. The molecule has 0 spiro atoms. The first-order valence-electron chi connectivity index (χ1n) is 5.34. The van der Waals surface area contributed by atoms with Crippen LogP contribution in [0.15, 0.2) is 12.1 Å². The highest BCUT2D eigenvalue weighted by Gasteiger charge is 2.11. The first-order chi connectivity index (χ1) is 7.90. The number of alkyl halides is 2. The summed E-state index contributed by atoms with van der Waals surface area (Å²) >= 11 is 0. The van der Waals surface area contributed by atoms with Crippen LogP contribution in [0.2, 0.25) is 0 Å². The van der Waals surface area contributed by atoms with Crippen LogP contribution in [0.3, 0.4) is 0 Å². The van der Waals surface area contributed by atoms with E-state index in [1.807, 2.05) is 6.92 Å². The molecule has 0 saturated heterocycles. The fraction of sp³-hybridized carbons (Fsp3) is 0.500. The Labute approximate surface area is 99.5 Å². The first-order valence-corrected chi connectivity index (χ1v) is 5.34. The molecule has 0 fully saturated rings. The molecule has 1 unspecified atom stereocenters. The molecule has 3 nitrogen and oxygen atoms in total. The fourth-order valence-corrected chi connectivity index (χ4v) is 1.52. The summed E-state index contributed by atoms with van der Waals surface area (Å²) in [6, 6.07) is 2.97. The van der Waals surface area contributed by atoms with Crippen molar-refractivity contribution in [3.05, 3.63) is 23.3 Å². The zero-order chi connectivity index (χ0) is 13.0. The van der Waals surface area contributed by atoms with Crippen LogP contribution in [0.1, 0.15) is 18.1 Å². The number of ether oxygens (including phenoxy) is 2. The summed E-state index contributed by atoms with van der Waals surface area (Å²) in [5.41, 5.74) is 7.09. The number of nitrogens with two attached hydrogens (primary N) is 1. The largest absolute Gasteiger partial charge is 0.491 e. The summed E-state index contributed by atoms with van der Waals surface area (Å²) in [5, 5.41) is 0. The Balaban J connectivity index is 2.86. The van der Waals surface area contributed by atoms with Crippen LogP contribution in [0.25, 0.3) is 0 Å². The smallest absolute Gasteiger partial charge is 0.387 e. The van der Waals surface area contributed by atoms with Gasteiger partial charge in [-0.25, -0.2) is 0 Å². The van der Waals surface area contributed by atoms with E-state index in [1.165, 1.54) is 12.1 Å². The number of aryl methyl sites for hydroxylation is 2. The molecule has 96 valence electrons. The number of hydrogen-bond donors (Lipinski definition) is 1. The van der Waals surface area contributed by atoms with Crippen molar-refractivity contribution in [3.8, 4) is 11.5 Å². The molecule has 0 aromatic heterocycles. The van der Waals surface area contributed by atoms with Gasteiger partial charge in [-0.2, -0.15) is 8.78 Å². The second kappa shape index (κ2) is 5.82. The predicted octanol–water partition coefficient (Wildman–Crippen LogP) is 2.63. The van der Waals surface area contributed by atoms with E-state index in [0.29, 0.717) is 12.4 Å². The van der Waals surface area contributed by atoms with Crippen LogP contribution < -0.4 is 15.2 Å². The van der Waals surface area contributed by atoms with Gasteiger partial charge in [0, 0.05) is 6.04 Å². The Kier molecular flexibility index (Phi) is 4.69. The van der Waals surface area contributed by atoms with E-state index < -0.39 is 6.61 Å². The number of halogens is 2. The third-order valence-corrected chi connectivity index (χ3v) is 2.15. The fourth-order valence-electron chi connectivity index (χ4n) is 1.52. The average Bonchev–Trinajstić information content (AvgIpc) is 2.14. The molecule has 17 heavy (non-hydrogen) atoms. The van der Waals surface area contributed by atoms with Crippen molar-refractivity contribution in [2.45, 2.75) is 33.4 Å². The van der Waals surface area contributed by atoms with Crippen LogP contribution in [0, 0.1) is 13.8 Å². The van der Waals surface area contributed by atoms with Gasteiger partial charge in [0.15, 0.2) is 0 Å². The van der Waals surface area contributed by atoms with E-state index in [2.05, 4.69) is 4.74 Å². The van der Waals surface area contributed by atoms with Gasteiger partial charge in [0.25, 0.3) is 0 Å². The number of hydrogen-bond acceptors (Lipinski definition) is 3. The maximum absolute atomic E-state index is 12.1. The summed E-state index contributed by atoms with van der Waals surface area (Å²) in [5.74, 6) is 0.812. The van der Waals surface area contributed by atoms with Gasteiger partial charge in [-0.05, 0) is 44.0 Å². The lowest BCUT2D eigenvalue weighted by atomic mass is 10.1. The molecule has 1 aromatic rings. The first kappa shape index (κ1) is 13.7. The minimum Gasteiger partial charge on any atom is -0.491 e. The summed E-state index contributed by atoms with van der Waals surface area (Å²) in [6.45, 7) is 2.96. The maximum atomic E-state index is 12.1. The van der Waals surface area contributed by atoms with E-state index in [9.17, 15) is 8.78 Å². The highest BCUT2D eigenvalue weighted by Crippen LogP contribution is 2.29. The van der Waals surface area contributed by atoms with E-state index in [1.54, 1.807) is 13.8 Å². The van der Waals surface area contributed by atoms with Gasteiger partial charge >= 0.3 is 6.61 Å². The lowest BCUT2D eigenvalue weighted by Gasteiger charge is -2.15. The molecule has 0 bridgehead atoms. The third-order valence-electron chi connectivity index (χ3n) is 2.15. The molecule has 1 aromatic carbocycles. The van der Waals surface area contributed by atoms with Crippen LogP contribution in [0.5, 0.6) is 11.5 Å². The van der Waals surface area contributed by atoms with E-state index in [0.717, 1.165) is 11.1 Å². The third kappa shape index (κ3) is 4.19. The molecule has 0 radical (unpaired) electrons. The van der Waals surface area contributed by atoms with Gasteiger partial charge in [0.2, 0.25) is 0 Å². The predicted molar refractivity (Wildman–Crippen MR) is 61.7 cm³/mol. The number of rotatable bonds is 5. The second-order valence-corrected chi connectivity index (χ2v) is 4.05. The number of benzene rings is 1.